The maximum Gasteiger partial charge on any atom is 0.261 e. The van der Waals surface area contributed by atoms with Gasteiger partial charge in [-0.1, -0.05) is 17.7 Å². The second-order valence-corrected chi connectivity index (χ2v) is 5.31. The lowest BCUT2D eigenvalue weighted by atomic mass is 10.2. The molecule has 3 rings (SSSR count). The summed E-state index contributed by atoms with van der Waals surface area (Å²) in [5.74, 6) is -0.164. The molecule has 3 aromatic rings. The van der Waals surface area contributed by atoms with E-state index >= 15 is 0 Å². The van der Waals surface area contributed by atoms with Crippen LogP contribution in [0, 0.1) is 5.82 Å². The van der Waals surface area contributed by atoms with Crippen LogP contribution in [0.5, 0.6) is 11.6 Å². The molecule has 4 nitrogen and oxygen atoms in total. The van der Waals surface area contributed by atoms with E-state index in [-0.39, 0.29) is 17.3 Å². The third-order valence-corrected chi connectivity index (χ3v) is 3.36. The average molecular weight is 343 g/mol. The van der Waals surface area contributed by atoms with E-state index in [2.05, 4.69) is 10.3 Å². The molecule has 0 aliphatic carbocycles. The number of carbonyl (C=O) groups excluding carboxylic acids is 1. The number of hydrogen-bond donors (Lipinski definition) is 1. The number of amides is 1. The average Bonchev–Trinajstić information content (AvgIpc) is 2.57. The first-order valence-corrected chi connectivity index (χ1v) is 7.45. The number of carbonyl (C=O) groups is 1. The summed E-state index contributed by atoms with van der Waals surface area (Å²) in [4.78, 5) is 16.5. The fourth-order valence-electron chi connectivity index (χ4n) is 2.02. The highest BCUT2D eigenvalue weighted by Crippen LogP contribution is 2.25. The van der Waals surface area contributed by atoms with E-state index in [1.165, 1.54) is 30.5 Å². The van der Waals surface area contributed by atoms with Gasteiger partial charge in [0, 0.05) is 16.9 Å². The molecule has 0 saturated heterocycles. The topological polar surface area (TPSA) is 51.2 Å². The Bertz CT molecular complexity index is 869. The highest BCUT2D eigenvalue weighted by molar-refractivity contribution is 6.30. The van der Waals surface area contributed by atoms with Crippen LogP contribution in [0.15, 0.2) is 66.9 Å². The predicted molar refractivity (Wildman–Crippen MR) is 90.1 cm³/mol. The Morgan fingerprint density at radius 2 is 1.88 bits per heavy atom. The normalized spacial score (nSPS) is 10.2. The zero-order chi connectivity index (χ0) is 16.9. The van der Waals surface area contributed by atoms with E-state index in [1.807, 2.05) is 0 Å². The molecule has 0 unspecified atom stereocenters. The molecule has 0 radical (unpaired) electrons. The number of nitrogens with zero attached hydrogens (tertiary/aromatic N) is 1. The van der Waals surface area contributed by atoms with Crippen molar-refractivity contribution in [2.45, 2.75) is 0 Å². The number of aromatic nitrogens is 1. The third-order valence-electron chi connectivity index (χ3n) is 3.13. The molecule has 0 saturated carbocycles. The Labute approximate surface area is 142 Å². The van der Waals surface area contributed by atoms with Gasteiger partial charge in [0.15, 0.2) is 0 Å². The van der Waals surface area contributed by atoms with E-state index in [9.17, 15) is 9.18 Å². The van der Waals surface area contributed by atoms with Crippen LogP contribution in [-0.2, 0) is 0 Å². The van der Waals surface area contributed by atoms with Crippen molar-refractivity contribution in [1.82, 2.24) is 4.98 Å². The van der Waals surface area contributed by atoms with Crippen molar-refractivity contribution >= 4 is 23.2 Å². The van der Waals surface area contributed by atoms with Gasteiger partial charge in [-0.05, 0) is 54.6 Å². The van der Waals surface area contributed by atoms with Crippen molar-refractivity contribution in [2.75, 3.05) is 5.32 Å². The van der Waals surface area contributed by atoms with Gasteiger partial charge in [0.25, 0.3) is 5.91 Å². The Balaban J connectivity index is 1.83. The summed E-state index contributed by atoms with van der Waals surface area (Å²) in [6, 6.07) is 15.5. The minimum absolute atomic E-state index is 0.152. The second kappa shape index (κ2) is 7.10. The van der Waals surface area contributed by atoms with Gasteiger partial charge in [0.1, 0.15) is 17.1 Å². The monoisotopic (exact) mass is 342 g/mol. The highest BCUT2D eigenvalue weighted by Gasteiger charge is 2.14. The van der Waals surface area contributed by atoms with Crippen molar-refractivity contribution in [3.63, 3.8) is 0 Å². The lowest BCUT2D eigenvalue weighted by Gasteiger charge is -2.10. The van der Waals surface area contributed by atoms with E-state index in [4.69, 9.17) is 16.3 Å². The summed E-state index contributed by atoms with van der Waals surface area (Å²) in [5.41, 5.74) is 0.723. The van der Waals surface area contributed by atoms with Gasteiger partial charge in [-0.25, -0.2) is 9.37 Å². The fraction of sp³-hybridized carbons (Fsp3) is 0. The Hall–Kier alpha value is -2.92. The number of nitrogens with one attached hydrogen (secondary N) is 1. The number of benzene rings is 2. The minimum atomic E-state index is -0.410. The molecule has 1 N–H and O–H groups in total. The molecule has 0 aliphatic heterocycles. The summed E-state index contributed by atoms with van der Waals surface area (Å²) in [6.45, 7) is 0. The van der Waals surface area contributed by atoms with Gasteiger partial charge in [0.05, 0.1) is 0 Å². The lowest BCUT2D eigenvalue weighted by Crippen LogP contribution is -2.13. The molecule has 0 atom stereocenters. The zero-order valence-corrected chi connectivity index (χ0v) is 13.1. The van der Waals surface area contributed by atoms with Gasteiger partial charge >= 0.3 is 0 Å². The maximum atomic E-state index is 12.9. The van der Waals surface area contributed by atoms with Crippen LogP contribution in [0.25, 0.3) is 0 Å². The minimum Gasteiger partial charge on any atom is -0.438 e. The van der Waals surface area contributed by atoms with E-state index in [1.54, 1.807) is 36.4 Å². The molecule has 1 heterocycles. The molecule has 0 aliphatic rings. The molecule has 1 amide bonds. The first-order chi connectivity index (χ1) is 11.6. The predicted octanol–water partition coefficient (Wildman–Crippen LogP) is 4.92. The molecule has 6 heteroatoms. The van der Waals surface area contributed by atoms with Crippen LogP contribution in [0.3, 0.4) is 0 Å². The number of halogens is 2. The molecule has 2 aromatic carbocycles. The first-order valence-electron chi connectivity index (χ1n) is 7.07. The lowest BCUT2D eigenvalue weighted by molar-refractivity contribution is 0.102. The van der Waals surface area contributed by atoms with Crippen LogP contribution in [0.2, 0.25) is 5.02 Å². The number of hydrogen-bond acceptors (Lipinski definition) is 3. The van der Waals surface area contributed by atoms with Gasteiger partial charge in [-0.3, -0.25) is 4.79 Å². The van der Waals surface area contributed by atoms with Gasteiger partial charge in [-0.15, -0.1) is 0 Å². The molecule has 120 valence electrons. The fourth-order valence-corrected chi connectivity index (χ4v) is 2.20. The Kier molecular flexibility index (Phi) is 4.72. The quantitative estimate of drug-likeness (QED) is 0.732. The van der Waals surface area contributed by atoms with Gasteiger partial charge < -0.3 is 10.1 Å². The Morgan fingerprint density at radius 3 is 2.62 bits per heavy atom. The number of anilines is 1. The molecule has 0 bridgehead atoms. The number of rotatable bonds is 4. The molecule has 0 fully saturated rings. The molecule has 0 spiro atoms. The van der Waals surface area contributed by atoms with Gasteiger partial charge in [-0.2, -0.15) is 0 Å². The first kappa shape index (κ1) is 16.0. The van der Waals surface area contributed by atoms with E-state index in [0.29, 0.717) is 16.5 Å². The van der Waals surface area contributed by atoms with Crippen molar-refractivity contribution < 1.29 is 13.9 Å². The van der Waals surface area contributed by atoms with E-state index < -0.39 is 5.91 Å². The van der Waals surface area contributed by atoms with Gasteiger partial charge in [0.2, 0.25) is 5.88 Å². The van der Waals surface area contributed by atoms with Crippen molar-refractivity contribution in [3.05, 3.63) is 83.3 Å². The highest BCUT2D eigenvalue weighted by atomic mass is 35.5. The molecule has 1 aromatic heterocycles. The summed E-state index contributed by atoms with van der Waals surface area (Å²) in [6.07, 6.45) is 1.52. The third kappa shape index (κ3) is 3.88. The van der Waals surface area contributed by atoms with Crippen LogP contribution in [0.4, 0.5) is 10.1 Å². The summed E-state index contributed by atoms with van der Waals surface area (Å²) >= 11 is 5.92. The Morgan fingerprint density at radius 1 is 1.08 bits per heavy atom. The van der Waals surface area contributed by atoms with Crippen LogP contribution in [0.1, 0.15) is 10.4 Å². The van der Waals surface area contributed by atoms with Crippen LogP contribution < -0.4 is 10.1 Å². The summed E-state index contributed by atoms with van der Waals surface area (Å²) < 4.78 is 18.6. The van der Waals surface area contributed by atoms with Crippen LogP contribution >= 0.6 is 11.6 Å². The smallest absolute Gasteiger partial charge is 0.261 e. The molecule has 24 heavy (non-hydrogen) atoms. The largest absolute Gasteiger partial charge is 0.438 e. The maximum absolute atomic E-state index is 12.9. The molecular formula is C18H12ClFN2O2. The standard InChI is InChI=1S/C18H12ClFN2O2/c19-12-3-1-4-15(11-12)24-18-16(5-2-10-21-18)17(23)22-14-8-6-13(20)7-9-14/h1-11H,(H,22,23). The van der Waals surface area contributed by atoms with Crippen LogP contribution in [-0.4, -0.2) is 10.9 Å². The number of ether oxygens (including phenoxy) is 1. The van der Waals surface area contributed by atoms with Crippen molar-refractivity contribution in [1.29, 1.82) is 0 Å². The summed E-state index contributed by atoms with van der Waals surface area (Å²) in [7, 11) is 0. The zero-order valence-electron chi connectivity index (χ0n) is 12.4. The second-order valence-electron chi connectivity index (χ2n) is 4.88. The van der Waals surface area contributed by atoms with Crippen molar-refractivity contribution in [3.8, 4) is 11.6 Å². The number of pyridine rings is 1. The van der Waals surface area contributed by atoms with E-state index in [0.717, 1.165) is 0 Å². The van der Waals surface area contributed by atoms with Crippen molar-refractivity contribution in [2.24, 2.45) is 0 Å². The molecular weight excluding hydrogens is 331 g/mol. The summed E-state index contributed by atoms with van der Waals surface area (Å²) in [5, 5.41) is 3.19. The SMILES string of the molecule is O=C(Nc1ccc(F)cc1)c1cccnc1Oc1cccc(Cl)c1.